The van der Waals surface area contributed by atoms with E-state index < -0.39 is 0 Å². The zero-order valence-electron chi connectivity index (χ0n) is 38.9. The summed E-state index contributed by atoms with van der Waals surface area (Å²) in [6.45, 7) is 19.1. The highest BCUT2D eigenvalue weighted by atomic mass is 16.5. The van der Waals surface area contributed by atoms with Gasteiger partial charge in [0.2, 0.25) is 0 Å². The molecule has 0 N–H and O–H groups in total. The molecule has 5 nitrogen and oxygen atoms in total. The second-order valence-corrected chi connectivity index (χ2v) is 20.1. The first-order valence-electron chi connectivity index (χ1n) is 23.0. The molecule has 3 heterocycles. The van der Waals surface area contributed by atoms with E-state index in [1.54, 1.807) is 0 Å². The summed E-state index contributed by atoms with van der Waals surface area (Å²) in [5.41, 5.74) is 15.6. The molecule has 0 unspecified atom stereocenters. The predicted octanol–water partition coefficient (Wildman–Crippen LogP) is 16.3. The van der Waals surface area contributed by atoms with Crippen LogP contribution in [0.2, 0.25) is 0 Å². The minimum atomic E-state index is 0.0202. The second-order valence-electron chi connectivity index (χ2n) is 20.1. The molecule has 0 aliphatic carbocycles. The largest absolute Gasteiger partial charge is 0.457 e. The van der Waals surface area contributed by atoms with Gasteiger partial charge in [0.1, 0.15) is 24.0 Å². The van der Waals surface area contributed by atoms with Crippen molar-refractivity contribution < 1.29 is 4.74 Å². The van der Waals surface area contributed by atoms with E-state index in [4.69, 9.17) is 9.72 Å². The maximum Gasteiger partial charge on any atom is 0.137 e. The number of fused-ring (bicyclic) bond motifs is 4. The number of ether oxygens (including phenoxy) is 1. The highest BCUT2D eigenvalue weighted by molar-refractivity contribution is 6.09. The van der Waals surface area contributed by atoms with Crippen molar-refractivity contribution in [2.24, 2.45) is 5.92 Å². The van der Waals surface area contributed by atoms with E-state index >= 15 is 0 Å². The van der Waals surface area contributed by atoms with Crippen LogP contribution < -0.4 is 14.5 Å². The van der Waals surface area contributed by atoms with Crippen LogP contribution in [0.15, 0.2) is 176 Å². The first-order valence-corrected chi connectivity index (χ1v) is 23.0. The van der Waals surface area contributed by atoms with Crippen LogP contribution in [0.4, 0.5) is 22.7 Å². The number of aromatic nitrogens is 2. The normalized spacial score (nSPS) is 13.0. The van der Waals surface area contributed by atoms with Crippen LogP contribution >= 0.6 is 0 Å². The Hall–Kier alpha value is -7.11. The molecule has 1 aliphatic heterocycles. The molecule has 0 amide bonds. The van der Waals surface area contributed by atoms with E-state index in [9.17, 15) is 0 Å². The molecule has 10 rings (SSSR count). The van der Waals surface area contributed by atoms with Gasteiger partial charge in [0.15, 0.2) is 0 Å². The topological polar surface area (TPSA) is 33.5 Å². The van der Waals surface area contributed by atoms with E-state index in [0.29, 0.717) is 12.6 Å². The van der Waals surface area contributed by atoms with Crippen LogP contribution in [0.3, 0.4) is 0 Å². The molecular weight excluding hydrogens is 793 g/mol. The molecule has 0 atom stereocenters. The smallest absolute Gasteiger partial charge is 0.137 e. The summed E-state index contributed by atoms with van der Waals surface area (Å²) in [5.74, 6) is 2.92. The molecule has 0 saturated heterocycles. The van der Waals surface area contributed by atoms with Crippen molar-refractivity contribution in [3.63, 3.8) is 0 Å². The lowest BCUT2D eigenvalue weighted by Gasteiger charge is -2.29. The molecule has 65 heavy (non-hydrogen) atoms. The van der Waals surface area contributed by atoms with Crippen molar-refractivity contribution >= 4 is 44.6 Å². The van der Waals surface area contributed by atoms with Crippen molar-refractivity contribution in [2.45, 2.75) is 72.6 Å². The van der Waals surface area contributed by atoms with Crippen LogP contribution in [0, 0.1) is 5.92 Å². The Labute approximate surface area is 384 Å². The number of benzene rings is 7. The SMILES string of the molecule is CC(C)Cc1cc(-n2c3ccccc3c3ccc(Oc4cccc(N5CN(c6cc(C(C)(C)C)cc(C(C)(C)C)c6)c6ccccc65)c4)cc32)ncc1-c1ccc(-c2ccccc2)cc1. The van der Waals surface area contributed by atoms with Crippen LogP contribution in [0.25, 0.3) is 49.9 Å². The van der Waals surface area contributed by atoms with E-state index in [1.165, 1.54) is 61.4 Å². The third-order valence-corrected chi connectivity index (χ3v) is 12.9. The van der Waals surface area contributed by atoms with Crippen molar-refractivity contribution in [2.75, 3.05) is 16.5 Å². The number of para-hydroxylation sites is 3. The average molecular weight is 851 g/mol. The van der Waals surface area contributed by atoms with E-state index in [1.807, 2.05) is 0 Å². The van der Waals surface area contributed by atoms with Crippen LogP contribution in [-0.4, -0.2) is 16.2 Å². The van der Waals surface area contributed by atoms with Crippen LogP contribution in [-0.2, 0) is 17.3 Å². The minimum Gasteiger partial charge on any atom is -0.457 e. The second kappa shape index (κ2) is 16.5. The molecule has 9 aromatic rings. The van der Waals surface area contributed by atoms with Crippen LogP contribution in [0.1, 0.15) is 72.1 Å². The Balaban J connectivity index is 0.989. The van der Waals surface area contributed by atoms with Crippen molar-refractivity contribution in [3.05, 3.63) is 193 Å². The van der Waals surface area contributed by atoms with Crippen molar-refractivity contribution in [1.29, 1.82) is 0 Å². The molecule has 0 spiro atoms. The number of hydrogen-bond donors (Lipinski definition) is 0. The first-order chi connectivity index (χ1) is 31.3. The summed E-state index contributed by atoms with van der Waals surface area (Å²) in [4.78, 5) is 10.1. The highest BCUT2D eigenvalue weighted by Crippen LogP contribution is 2.47. The maximum absolute atomic E-state index is 6.80. The highest BCUT2D eigenvalue weighted by Gasteiger charge is 2.30. The summed E-state index contributed by atoms with van der Waals surface area (Å²) in [7, 11) is 0. The molecule has 0 fully saturated rings. The Morgan fingerprint density at radius 3 is 1.82 bits per heavy atom. The average Bonchev–Trinajstić information content (AvgIpc) is 3.85. The van der Waals surface area contributed by atoms with Gasteiger partial charge in [-0.2, -0.15) is 0 Å². The Morgan fingerprint density at radius 1 is 0.523 bits per heavy atom. The van der Waals surface area contributed by atoms with Gasteiger partial charge in [0, 0.05) is 46.0 Å². The number of nitrogens with zero attached hydrogens (tertiary/aromatic N) is 4. The summed E-state index contributed by atoms with van der Waals surface area (Å²) in [6.07, 6.45) is 3.01. The Kier molecular flexibility index (Phi) is 10.6. The lowest BCUT2D eigenvalue weighted by Crippen LogP contribution is -2.25. The molecule has 0 bridgehead atoms. The van der Waals surface area contributed by atoms with Gasteiger partial charge in [0.05, 0.1) is 22.4 Å². The molecule has 324 valence electrons. The maximum atomic E-state index is 6.80. The molecule has 5 heteroatoms. The van der Waals surface area contributed by atoms with Crippen LogP contribution in [0.5, 0.6) is 11.5 Å². The third-order valence-electron chi connectivity index (χ3n) is 12.9. The standard InChI is InChI=1S/C60H58N4O/c1-40(2)31-44-32-58(61-38-53(44)43-27-25-42(26-28-43)41-17-10-9-11-18-41)64-54-22-13-12-21-51(54)52-30-29-50(37-57(52)64)65-49-20-16-19-47(36-49)62-39-63(56-24-15-14-23-55(56)62)48-34-45(59(3,4)5)33-46(35-48)60(6,7)8/h9-30,32-38,40H,31,39H2,1-8H3. The number of rotatable bonds is 9. The monoisotopic (exact) mass is 850 g/mol. The van der Waals surface area contributed by atoms with Gasteiger partial charge in [-0.25, -0.2) is 4.98 Å². The fraction of sp³-hybridized carbons (Fsp3) is 0.217. The van der Waals surface area contributed by atoms with E-state index in [-0.39, 0.29) is 10.8 Å². The fourth-order valence-electron chi connectivity index (χ4n) is 9.35. The van der Waals surface area contributed by atoms with Crippen molar-refractivity contribution in [1.82, 2.24) is 9.55 Å². The lowest BCUT2D eigenvalue weighted by atomic mass is 9.80. The quantitative estimate of drug-likeness (QED) is 0.145. The number of hydrogen-bond acceptors (Lipinski definition) is 4. The molecule has 1 aliphatic rings. The molecule has 0 radical (unpaired) electrons. The molecule has 2 aromatic heterocycles. The fourth-order valence-corrected chi connectivity index (χ4v) is 9.35. The van der Waals surface area contributed by atoms with Gasteiger partial charge in [-0.15, -0.1) is 0 Å². The molecular formula is C60H58N4O. The number of pyridine rings is 1. The predicted molar refractivity (Wildman–Crippen MR) is 274 cm³/mol. The zero-order valence-corrected chi connectivity index (χ0v) is 38.9. The van der Waals surface area contributed by atoms with Gasteiger partial charge in [0.25, 0.3) is 0 Å². The van der Waals surface area contributed by atoms with Gasteiger partial charge in [-0.05, 0) is 117 Å². The van der Waals surface area contributed by atoms with Crippen molar-refractivity contribution in [3.8, 4) is 39.6 Å². The molecule has 0 saturated carbocycles. The summed E-state index contributed by atoms with van der Waals surface area (Å²) in [5, 5.41) is 2.34. The summed E-state index contributed by atoms with van der Waals surface area (Å²) in [6, 6.07) is 61.2. The third kappa shape index (κ3) is 8.16. The first kappa shape index (κ1) is 41.9. The lowest BCUT2D eigenvalue weighted by molar-refractivity contribution is 0.483. The van der Waals surface area contributed by atoms with Gasteiger partial charge >= 0.3 is 0 Å². The number of anilines is 4. The van der Waals surface area contributed by atoms with Gasteiger partial charge in [-0.3, -0.25) is 4.57 Å². The van der Waals surface area contributed by atoms with E-state index in [2.05, 4.69) is 246 Å². The molecule has 7 aromatic carbocycles. The Bertz CT molecular complexity index is 3150. The zero-order chi connectivity index (χ0) is 45.0. The Morgan fingerprint density at radius 2 is 1.12 bits per heavy atom. The summed E-state index contributed by atoms with van der Waals surface area (Å²) >= 11 is 0. The van der Waals surface area contributed by atoms with E-state index in [0.717, 1.165) is 45.8 Å². The summed E-state index contributed by atoms with van der Waals surface area (Å²) < 4.78 is 9.10. The van der Waals surface area contributed by atoms with Gasteiger partial charge in [-0.1, -0.05) is 152 Å². The minimum absolute atomic E-state index is 0.0202. The van der Waals surface area contributed by atoms with Gasteiger partial charge < -0.3 is 14.5 Å².